The van der Waals surface area contributed by atoms with E-state index < -0.39 is 0 Å². The molecule has 2 atom stereocenters. The Morgan fingerprint density at radius 3 is 2.56 bits per heavy atom. The Morgan fingerprint density at radius 1 is 1.38 bits per heavy atom. The zero-order chi connectivity index (χ0) is 11.8. The van der Waals surface area contributed by atoms with E-state index in [4.69, 9.17) is 4.74 Å². The Morgan fingerprint density at radius 2 is 2.06 bits per heavy atom. The molecule has 0 amide bonds. The summed E-state index contributed by atoms with van der Waals surface area (Å²) in [4.78, 5) is 0. The molecule has 0 saturated heterocycles. The van der Waals surface area contributed by atoms with Gasteiger partial charge in [-0.15, -0.1) is 6.58 Å². The van der Waals surface area contributed by atoms with Gasteiger partial charge in [0.2, 0.25) is 0 Å². The summed E-state index contributed by atoms with van der Waals surface area (Å²) >= 11 is 0. The van der Waals surface area contributed by atoms with E-state index in [-0.39, 0.29) is 0 Å². The Balaban J connectivity index is 2.58. The van der Waals surface area contributed by atoms with Crippen LogP contribution >= 0.6 is 0 Å². The molecule has 0 heterocycles. The van der Waals surface area contributed by atoms with E-state index in [1.165, 1.54) is 32.1 Å². The summed E-state index contributed by atoms with van der Waals surface area (Å²) in [5, 5.41) is 3.39. The number of likely N-dealkylation sites (N-methyl/N-ethyl adjacent to an activating group) is 1. The maximum atomic E-state index is 5.98. The van der Waals surface area contributed by atoms with Gasteiger partial charge in [-0.2, -0.15) is 0 Å². The van der Waals surface area contributed by atoms with Crippen molar-refractivity contribution >= 4 is 0 Å². The van der Waals surface area contributed by atoms with E-state index in [2.05, 4.69) is 18.8 Å². The highest BCUT2D eigenvalue weighted by molar-refractivity contribution is 4.88. The minimum atomic E-state index is 0.369. The average Bonchev–Trinajstić information content (AvgIpc) is 2.35. The average molecular weight is 225 g/mol. The molecule has 1 N–H and O–H groups in total. The van der Waals surface area contributed by atoms with E-state index in [0.29, 0.717) is 12.1 Å². The maximum absolute atomic E-state index is 5.98. The maximum Gasteiger partial charge on any atom is 0.0758 e. The molecule has 1 rings (SSSR count). The molecule has 0 bridgehead atoms. The quantitative estimate of drug-likeness (QED) is 0.672. The Hall–Kier alpha value is -0.340. The Kier molecular flexibility index (Phi) is 6.74. The van der Waals surface area contributed by atoms with Gasteiger partial charge in [0.15, 0.2) is 0 Å². The van der Waals surface area contributed by atoms with Crippen LogP contribution in [0.1, 0.15) is 45.4 Å². The molecule has 0 aromatic carbocycles. The van der Waals surface area contributed by atoms with Crippen molar-refractivity contribution in [2.75, 3.05) is 13.7 Å². The highest BCUT2D eigenvalue weighted by atomic mass is 16.5. The third kappa shape index (κ3) is 3.91. The van der Waals surface area contributed by atoms with E-state index in [1.807, 2.05) is 13.1 Å². The topological polar surface area (TPSA) is 21.3 Å². The van der Waals surface area contributed by atoms with E-state index >= 15 is 0 Å². The van der Waals surface area contributed by atoms with Gasteiger partial charge in [0, 0.05) is 12.6 Å². The summed E-state index contributed by atoms with van der Waals surface area (Å²) in [5.74, 6) is 0.742. The fourth-order valence-electron chi connectivity index (χ4n) is 2.83. The lowest BCUT2D eigenvalue weighted by molar-refractivity contribution is -0.0153. The first-order valence-corrected chi connectivity index (χ1v) is 6.73. The summed E-state index contributed by atoms with van der Waals surface area (Å²) in [7, 11) is 2.03. The summed E-state index contributed by atoms with van der Waals surface area (Å²) in [6, 6.07) is 0.431. The standard InChI is InChI=1S/C14H27NO/c1-4-9-13(15-3)14(16-5-2)12-10-7-6-8-11-12/h4,12-15H,1,5-11H2,2-3H3. The summed E-state index contributed by atoms with van der Waals surface area (Å²) in [5.41, 5.74) is 0. The van der Waals surface area contributed by atoms with Crippen LogP contribution in [0.3, 0.4) is 0 Å². The van der Waals surface area contributed by atoms with Crippen LogP contribution in [0.5, 0.6) is 0 Å². The van der Waals surface area contributed by atoms with E-state index in [1.54, 1.807) is 0 Å². The third-order valence-corrected chi connectivity index (χ3v) is 3.66. The van der Waals surface area contributed by atoms with Gasteiger partial charge in [0.25, 0.3) is 0 Å². The lowest BCUT2D eigenvalue weighted by Crippen LogP contribution is -2.44. The summed E-state index contributed by atoms with van der Waals surface area (Å²) in [6.07, 6.45) is 10.2. The first-order valence-electron chi connectivity index (χ1n) is 6.73. The molecular formula is C14H27NO. The molecule has 1 saturated carbocycles. The van der Waals surface area contributed by atoms with Crippen molar-refractivity contribution in [3.63, 3.8) is 0 Å². The van der Waals surface area contributed by atoms with Crippen molar-refractivity contribution in [3.05, 3.63) is 12.7 Å². The molecule has 0 spiro atoms. The Bertz CT molecular complexity index is 187. The predicted octanol–water partition coefficient (Wildman–Crippen LogP) is 3.14. The van der Waals surface area contributed by atoms with Crippen molar-refractivity contribution < 1.29 is 4.74 Å². The van der Waals surface area contributed by atoms with Crippen molar-refractivity contribution in [2.24, 2.45) is 5.92 Å². The second-order valence-corrected chi connectivity index (χ2v) is 4.74. The second-order valence-electron chi connectivity index (χ2n) is 4.74. The fraction of sp³-hybridized carbons (Fsp3) is 0.857. The molecule has 1 fully saturated rings. The molecule has 1 aliphatic rings. The van der Waals surface area contributed by atoms with Gasteiger partial charge < -0.3 is 10.1 Å². The molecular weight excluding hydrogens is 198 g/mol. The number of hydrogen-bond donors (Lipinski definition) is 1. The minimum Gasteiger partial charge on any atom is -0.377 e. The zero-order valence-corrected chi connectivity index (χ0v) is 10.9. The molecule has 2 unspecified atom stereocenters. The van der Waals surface area contributed by atoms with E-state index in [9.17, 15) is 0 Å². The number of ether oxygens (including phenoxy) is 1. The second kappa shape index (κ2) is 7.86. The van der Waals surface area contributed by atoms with Gasteiger partial charge in [-0.3, -0.25) is 0 Å². The molecule has 16 heavy (non-hydrogen) atoms. The van der Waals surface area contributed by atoms with Gasteiger partial charge in [0.1, 0.15) is 0 Å². The predicted molar refractivity (Wildman–Crippen MR) is 69.7 cm³/mol. The van der Waals surface area contributed by atoms with Crippen LogP contribution in [0.4, 0.5) is 0 Å². The van der Waals surface area contributed by atoms with Gasteiger partial charge in [-0.25, -0.2) is 0 Å². The van der Waals surface area contributed by atoms with Crippen LogP contribution in [0, 0.1) is 5.92 Å². The van der Waals surface area contributed by atoms with Crippen LogP contribution in [0.25, 0.3) is 0 Å². The minimum absolute atomic E-state index is 0.369. The van der Waals surface area contributed by atoms with Crippen molar-refractivity contribution in [1.29, 1.82) is 0 Å². The Labute approximate surface area is 100 Å². The van der Waals surface area contributed by atoms with Crippen molar-refractivity contribution in [3.8, 4) is 0 Å². The lowest BCUT2D eigenvalue weighted by atomic mass is 9.82. The molecule has 0 aliphatic heterocycles. The van der Waals surface area contributed by atoms with Crippen LogP contribution in [-0.2, 0) is 4.74 Å². The molecule has 1 aliphatic carbocycles. The molecule has 94 valence electrons. The highest BCUT2D eigenvalue weighted by Gasteiger charge is 2.29. The lowest BCUT2D eigenvalue weighted by Gasteiger charge is -2.35. The van der Waals surface area contributed by atoms with Crippen LogP contribution < -0.4 is 5.32 Å². The SMILES string of the molecule is C=CCC(NC)C(OCC)C1CCCCC1. The number of nitrogens with one attached hydrogen (secondary N) is 1. The number of rotatable bonds is 7. The summed E-state index contributed by atoms with van der Waals surface area (Å²) < 4.78 is 5.98. The summed E-state index contributed by atoms with van der Waals surface area (Å²) in [6.45, 7) is 6.75. The van der Waals surface area contributed by atoms with E-state index in [0.717, 1.165) is 18.9 Å². The molecule has 2 heteroatoms. The van der Waals surface area contributed by atoms with Crippen LogP contribution in [-0.4, -0.2) is 25.8 Å². The van der Waals surface area contributed by atoms with Gasteiger partial charge in [0.05, 0.1) is 6.10 Å². The smallest absolute Gasteiger partial charge is 0.0758 e. The van der Waals surface area contributed by atoms with Gasteiger partial charge in [-0.1, -0.05) is 25.3 Å². The van der Waals surface area contributed by atoms with Gasteiger partial charge >= 0.3 is 0 Å². The fourth-order valence-corrected chi connectivity index (χ4v) is 2.83. The van der Waals surface area contributed by atoms with Crippen molar-refractivity contribution in [1.82, 2.24) is 5.32 Å². The highest BCUT2D eigenvalue weighted by Crippen LogP contribution is 2.30. The zero-order valence-electron chi connectivity index (χ0n) is 10.9. The monoisotopic (exact) mass is 225 g/mol. The largest absolute Gasteiger partial charge is 0.377 e. The van der Waals surface area contributed by atoms with Crippen LogP contribution in [0.2, 0.25) is 0 Å². The third-order valence-electron chi connectivity index (χ3n) is 3.66. The van der Waals surface area contributed by atoms with Crippen molar-refractivity contribution in [2.45, 2.75) is 57.6 Å². The first kappa shape index (κ1) is 13.7. The van der Waals surface area contributed by atoms with Gasteiger partial charge in [-0.05, 0) is 39.2 Å². The molecule has 2 nitrogen and oxygen atoms in total. The molecule has 0 aromatic rings. The molecule has 0 aromatic heterocycles. The first-order chi connectivity index (χ1) is 7.83. The normalized spacial score (nSPS) is 21.6. The number of hydrogen-bond acceptors (Lipinski definition) is 2. The molecule has 0 radical (unpaired) electrons. The van der Waals surface area contributed by atoms with Crippen LogP contribution in [0.15, 0.2) is 12.7 Å².